The van der Waals surface area contributed by atoms with Crippen LogP contribution < -0.4 is 0 Å². The van der Waals surface area contributed by atoms with Crippen molar-refractivity contribution in [3.05, 3.63) is 33.8 Å². The van der Waals surface area contributed by atoms with Crippen LogP contribution in [0.3, 0.4) is 0 Å². The van der Waals surface area contributed by atoms with Crippen molar-refractivity contribution < 1.29 is 4.79 Å². The van der Waals surface area contributed by atoms with E-state index in [1.807, 2.05) is 0 Å². The molecule has 130 valence electrons. The molecule has 0 atom stereocenters. The molecule has 0 aliphatic rings. The van der Waals surface area contributed by atoms with Crippen LogP contribution in [0.15, 0.2) is 12.1 Å². The van der Waals surface area contributed by atoms with Crippen LogP contribution in [0.4, 0.5) is 0 Å². The summed E-state index contributed by atoms with van der Waals surface area (Å²) in [6.07, 6.45) is 2.88. The molecule has 0 unspecified atom stereocenters. The first-order valence-electron chi connectivity index (χ1n) is 8.42. The first-order valence-corrected chi connectivity index (χ1v) is 9.44. The Hall–Kier alpha value is -0.470. The van der Waals surface area contributed by atoms with Gasteiger partial charge in [-0.3, -0.25) is 4.79 Å². The lowest BCUT2D eigenvalue weighted by Crippen LogP contribution is -2.19. The molecule has 1 aromatic carbocycles. The summed E-state index contributed by atoms with van der Waals surface area (Å²) in [4.78, 5) is 11.9. The van der Waals surface area contributed by atoms with Gasteiger partial charge < -0.3 is 0 Å². The van der Waals surface area contributed by atoms with Crippen molar-refractivity contribution in [2.45, 2.75) is 78.1 Å². The summed E-state index contributed by atoms with van der Waals surface area (Å²) in [6, 6.07) is 4.37. The van der Waals surface area contributed by atoms with Gasteiger partial charge in [-0.25, -0.2) is 0 Å². The number of hydrogen-bond acceptors (Lipinski definition) is 2. The SMILES string of the molecule is CC(C)(C)c1cc(CCC(=O)CCCS)cc(C(C)(C)C)c1Cl. The van der Waals surface area contributed by atoms with Crippen molar-refractivity contribution in [1.29, 1.82) is 0 Å². The molecule has 0 saturated heterocycles. The number of aryl methyl sites for hydroxylation is 1. The Bertz CT molecular complexity index is 515. The molecule has 3 heteroatoms. The highest BCUT2D eigenvalue weighted by Crippen LogP contribution is 2.38. The standard InChI is InChI=1S/C20H31ClOS/c1-19(2,3)16-12-14(9-10-15(22)8-7-11-23)13-17(18(16)21)20(4,5)6/h12-13,23H,7-11H2,1-6H3. The number of ketones is 1. The van der Waals surface area contributed by atoms with Crippen molar-refractivity contribution in [1.82, 2.24) is 0 Å². The molecule has 0 heterocycles. The Morgan fingerprint density at radius 2 is 1.48 bits per heavy atom. The van der Waals surface area contributed by atoms with Crippen molar-refractivity contribution in [2.24, 2.45) is 0 Å². The second kappa shape index (κ2) is 8.07. The maximum absolute atomic E-state index is 11.9. The minimum atomic E-state index is -0.0108. The Morgan fingerprint density at radius 3 is 1.87 bits per heavy atom. The molecule has 1 rings (SSSR count). The quantitative estimate of drug-likeness (QED) is 0.606. The van der Waals surface area contributed by atoms with Gasteiger partial charge in [-0.05, 0) is 46.1 Å². The Labute approximate surface area is 152 Å². The van der Waals surface area contributed by atoms with Crippen LogP contribution in [-0.2, 0) is 22.0 Å². The molecule has 0 bridgehead atoms. The third-order valence-corrected chi connectivity index (χ3v) is 4.78. The van der Waals surface area contributed by atoms with E-state index in [4.69, 9.17) is 11.6 Å². The summed E-state index contributed by atoms with van der Waals surface area (Å²) in [7, 11) is 0. The molecule has 1 nitrogen and oxygen atoms in total. The first-order chi connectivity index (χ1) is 10.5. The van der Waals surface area contributed by atoms with Gasteiger partial charge in [0.25, 0.3) is 0 Å². The van der Waals surface area contributed by atoms with E-state index in [2.05, 4.69) is 66.3 Å². The summed E-state index contributed by atoms with van der Waals surface area (Å²) < 4.78 is 0. The van der Waals surface area contributed by atoms with Gasteiger partial charge in [-0.1, -0.05) is 65.3 Å². The minimum Gasteiger partial charge on any atom is -0.300 e. The molecular formula is C20H31ClOS. The molecule has 1 aromatic rings. The number of carbonyl (C=O) groups is 1. The second-order valence-corrected chi connectivity index (χ2v) is 9.20. The summed E-state index contributed by atoms with van der Waals surface area (Å²) in [6.45, 7) is 13.1. The van der Waals surface area contributed by atoms with Gasteiger partial charge in [-0.15, -0.1) is 0 Å². The average molecular weight is 355 g/mol. The monoisotopic (exact) mass is 354 g/mol. The van der Waals surface area contributed by atoms with Gasteiger partial charge in [-0.2, -0.15) is 12.6 Å². The normalized spacial score (nSPS) is 12.5. The second-order valence-electron chi connectivity index (χ2n) is 8.37. The molecule has 0 aliphatic heterocycles. The zero-order valence-electron chi connectivity index (χ0n) is 15.4. The van der Waals surface area contributed by atoms with E-state index in [1.165, 1.54) is 16.7 Å². The van der Waals surface area contributed by atoms with E-state index in [1.54, 1.807) is 0 Å². The lowest BCUT2D eigenvalue weighted by atomic mass is 9.79. The van der Waals surface area contributed by atoms with Crippen LogP contribution in [0.2, 0.25) is 5.02 Å². The largest absolute Gasteiger partial charge is 0.300 e. The fourth-order valence-corrected chi connectivity index (χ4v) is 3.44. The molecule has 0 amide bonds. The van der Waals surface area contributed by atoms with Crippen LogP contribution >= 0.6 is 24.2 Å². The predicted molar refractivity (Wildman–Crippen MR) is 105 cm³/mol. The zero-order valence-corrected chi connectivity index (χ0v) is 17.1. The molecule has 0 saturated carbocycles. The third kappa shape index (κ3) is 6.15. The van der Waals surface area contributed by atoms with Crippen LogP contribution in [0, 0.1) is 0 Å². The average Bonchev–Trinajstić information content (AvgIpc) is 2.41. The number of benzene rings is 1. The Balaban J connectivity index is 3.11. The van der Waals surface area contributed by atoms with Crippen molar-refractivity contribution >= 4 is 30.0 Å². The number of carbonyl (C=O) groups excluding carboxylic acids is 1. The number of rotatable bonds is 6. The fraction of sp³-hybridized carbons (Fsp3) is 0.650. The van der Waals surface area contributed by atoms with Crippen LogP contribution in [0.25, 0.3) is 0 Å². The summed E-state index contributed by atoms with van der Waals surface area (Å²) >= 11 is 10.9. The summed E-state index contributed by atoms with van der Waals surface area (Å²) in [5.74, 6) is 1.10. The highest BCUT2D eigenvalue weighted by atomic mass is 35.5. The lowest BCUT2D eigenvalue weighted by molar-refractivity contribution is -0.119. The van der Waals surface area contributed by atoms with Gasteiger partial charge in [0, 0.05) is 17.9 Å². The fourth-order valence-electron chi connectivity index (χ4n) is 2.61. The Kier molecular flexibility index (Phi) is 7.22. The predicted octanol–water partition coefficient (Wildman–Crippen LogP) is 6.15. The van der Waals surface area contributed by atoms with Crippen LogP contribution in [0.5, 0.6) is 0 Å². The number of halogens is 1. The summed E-state index contributed by atoms with van der Waals surface area (Å²) in [5, 5.41) is 0.871. The molecule has 0 N–H and O–H groups in total. The zero-order chi connectivity index (χ0) is 17.8. The molecule has 0 fully saturated rings. The van der Waals surface area contributed by atoms with E-state index in [0.717, 1.165) is 23.6 Å². The van der Waals surface area contributed by atoms with Gasteiger partial charge in [0.2, 0.25) is 0 Å². The van der Waals surface area contributed by atoms with E-state index in [9.17, 15) is 4.79 Å². The van der Waals surface area contributed by atoms with Crippen molar-refractivity contribution in [2.75, 3.05) is 5.75 Å². The van der Waals surface area contributed by atoms with E-state index >= 15 is 0 Å². The highest BCUT2D eigenvalue weighted by molar-refractivity contribution is 7.80. The smallest absolute Gasteiger partial charge is 0.133 e. The third-order valence-electron chi connectivity index (χ3n) is 4.05. The number of thiol groups is 1. The van der Waals surface area contributed by atoms with Crippen molar-refractivity contribution in [3.63, 3.8) is 0 Å². The minimum absolute atomic E-state index is 0.0108. The molecule has 0 aliphatic carbocycles. The molecular weight excluding hydrogens is 324 g/mol. The van der Waals surface area contributed by atoms with Gasteiger partial charge >= 0.3 is 0 Å². The molecule has 0 spiro atoms. The Morgan fingerprint density at radius 1 is 1.00 bits per heavy atom. The summed E-state index contributed by atoms with van der Waals surface area (Å²) in [5.41, 5.74) is 3.53. The van der Waals surface area contributed by atoms with Gasteiger partial charge in [0.05, 0.1) is 0 Å². The first kappa shape index (κ1) is 20.6. The maximum Gasteiger partial charge on any atom is 0.133 e. The van der Waals surface area contributed by atoms with Crippen LogP contribution in [0.1, 0.15) is 77.5 Å². The topological polar surface area (TPSA) is 17.1 Å². The van der Waals surface area contributed by atoms with E-state index in [0.29, 0.717) is 18.6 Å². The number of Topliss-reactive ketones (excluding diaryl/α,β-unsaturated/α-hetero) is 1. The van der Waals surface area contributed by atoms with Gasteiger partial charge in [0.15, 0.2) is 0 Å². The molecule has 0 aromatic heterocycles. The van der Waals surface area contributed by atoms with Crippen LogP contribution in [-0.4, -0.2) is 11.5 Å². The number of hydrogen-bond donors (Lipinski definition) is 1. The molecule has 23 heavy (non-hydrogen) atoms. The molecule has 0 radical (unpaired) electrons. The lowest BCUT2D eigenvalue weighted by Gasteiger charge is -2.28. The van der Waals surface area contributed by atoms with Crippen molar-refractivity contribution in [3.8, 4) is 0 Å². The highest BCUT2D eigenvalue weighted by Gasteiger charge is 2.25. The van der Waals surface area contributed by atoms with Gasteiger partial charge in [0.1, 0.15) is 5.78 Å². The van der Waals surface area contributed by atoms with E-state index in [-0.39, 0.29) is 10.8 Å². The maximum atomic E-state index is 11.9. The van der Waals surface area contributed by atoms with E-state index < -0.39 is 0 Å².